The molecule has 3 aromatic rings. The average Bonchev–Trinajstić information content (AvgIpc) is 2.78. The molecule has 2 N–H and O–H groups in total. The van der Waals surface area contributed by atoms with Crippen molar-refractivity contribution in [2.75, 3.05) is 5.73 Å². The lowest BCUT2D eigenvalue weighted by atomic mass is 10.1. The van der Waals surface area contributed by atoms with Crippen LogP contribution in [0.4, 0.5) is 10.1 Å². The predicted octanol–water partition coefficient (Wildman–Crippen LogP) is 3.00. The van der Waals surface area contributed by atoms with Gasteiger partial charge in [-0.15, -0.1) is 0 Å². The maximum Gasteiger partial charge on any atom is 0.123 e. The number of benzene rings is 2. The zero-order chi connectivity index (χ0) is 13.2. The van der Waals surface area contributed by atoms with E-state index in [1.807, 2.05) is 24.3 Å². The van der Waals surface area contributed by atoms with Gasteiger partial charge in [0.25, 0.3) is 0 Å². The van der Waals surface area contributed by atoms with Crippen molar-refractivity contribution in [3.8, 4) is 0 Å². The summed E-state index contributed by atoms with van der Waals surface area (Å²) in [6.45, 7) is 0.768. The van der Waals surface area contributed by atoms with Crippen LogP contribution in [-0.4, -0.2) is 9.55 Å². The van der Waals surface area contributed by atoms with Gasteiger partial charge in [-0.3, -0.25) is 0 Å². The van der Waals surface area contributed by atoms with Crippen LogP contribution in [0.25, 0.3) is 11.0 Å². The molecular formula is C15H14FN3. The first-order chi connectivity index (χ1) is 9.22. The number of nitrogen functional groups attached to an aromatic ring is 1. The second-order valence-corrected chi connectivity index (χ2v) is 4.57. The summed E-state index contributed by atoms with van der Waals surface area (Å²) in [7, 11) is 0. The van der Waals surface area contributed by atoms with Gasteiger partial charge in [-0.05, 0) is 42.3 Å². The third kappa shape index (κ3) is 2.42. The average molecular weight is 255 g/mol. The van der Waals surface area contributed by atoms with Gasteiger partial charge in [0, 0.05) is 12.2 Å². The van der Waals surface area contributed by atoms with Gasteiger partial charge in [0.15, 0.2) is 0 Å². The molecule has 0 aliphatic heterocycles. The molecule has 0 radical (unpaired) electrons. The van der Waals surface area contributed by atoms with Crippen molar-refractivity contribution in [3.63, 3.8) is 0 Å². The summed E-state index contributed by atoms with van der Waals surface area (Å²) in [6.07, 6.45) is 2.57. The van der Waals surface area contributed by atoms with E-state index in [1.54, 1.807) is 18.5 Å². The molecule has 1 heterocycles. The lowest BCUT2D eigenvalue weighted by Crippen LogP contribution is -2.00. The molecule has 0 aliphatic rings. The maximum atomic E-state index is 13.1. The number of hydrogen-bond donors (Lipinski definition) is 1. The van der Waals surface area contributed by atoms with Crippen LogP contribution in [-0.2, 0) is 13.0 Å². The molecular weight excluding hydrogens is 241 g/mol. The number of anilines is 1. The molecule has 96 valence electrons. The number of halogens is 1. The SMILES string of the molecule is Nc1ccc2c(c1)ncn2CCc1cccc(F)c1. The van der Waals surface area contributed by atoms with Gasteiger partial charge in [0.1, 0.15) is 5.82 Å². The molecule has 0 aliphatic carbocycles. The van der Waals surface area contributed by atoms with Crippen molar-refractivity contribution < 1.29 is 4.39 Å². The lowest BCUT2D eigenvalue weighted by Gasteiger charge is -2.05. The van der Waals surface area contributed by atoms with E-state index in [-0.39, 0.29) is 5.82 Å². The van der Waals surface area contributed by atoms with Crippen molar-refractivity contribution in [3.05, 3.63) is 60.2 Å². The van der Waals surface area contributed by atoms with Crippen LogP contribution in [0.5, 0.6) is 0 Å². The highest BCUT2D eigenvalue weighted by Gasteiger charge is 2.03. The summed E-state index contributed by atoms with van der Waals surface area (Å²) in [5, 5.41) is 0. The number of rotatable bonds is 3. The van der Waals surface area contributed by atoms with Crippen LogP contribution in [0.3, 0.4) is 0 Å². The van der Waals surface area contributed by atoms with Gasteiger partial charge in [0.2, 0.25) is 0 Å². The number of aromatic nitrogens is 2. The molecule has 0 atom stereocenters. The number of aryl methyl sites for hydroxylation is 2. The molecule has 0 bridgehead atoms. The Bertz CT molecular complexity index is 718. The van der Waals surface area contributed by atoms with E-state index >= 15 is 0 Å². The van der Waals surface area contributed by atoms with Crippen LogP contribution in [0.2, 0.25) is 0 Å². The highest BCUT2D eigenvalue weighted by molar-refractivity contribution is 5.78. The Morgan fingerprint density at radius 1 is 1.16 bits per heavy atom. The van der Waals surface area contributed by atoms with Gasteiger partial charge < -0.3 is 10.3 Å². The lowest BCUT2D eigenvalue weighted by molar-refractivity contribution is 0.622. The van der Waals surface area contributed by atoms with E-state index in [4.69, 9.17) is 5.73 Å². The van der Waals surface area contributed by atoms with E-state index in [1.165, 1.54) is 6.07 Å². The Morgan fingerprint density at radius 2 is 2.05 bits per heavy atom. The van der Waals surface area contributed by atoms with Crippen LogP contribution in [0.1, 0.15) is 5.56 Å². The summed E-state index contributed by atoms with van der Waals surface area (Å²) in [4.78, 5) is 4.32. The van der Waals surface area contributed by atoms with Crippen molar-refractivity contribution in [1.82, 2.24) is 9.55 Å². The van der Waals surface area contributed by atoms with Gasteiger partial charge >= 0.3 is 0 Å². The first-order valence-electron chi connectivity index (χ1n) is 6.17. The molecule has 2 aromatic carbocycles. The second-order valence-electron chi connectivity index (χ2n) is 4.57. The second kappa shape index (κ2) is 4.72. The number of fused-ring (bicyclic) bond motifs is 1. The Labute approximate surface area is 110 Å². The number of imidazole rings is 1. The predicted molar refractivity (Wildman–Crippen MR) is 74.2 cm³/mol. The van der Waals surface area contributed by atoms with Gasteiger partial charge in [-0.1, -0.05) is 12.1 Å². The first kappa shape index (κ1) is 11.7. The van der Waals surface area contributed by atoms with Crippen LogP contribution in [0, 0.1) is 5.82 Å². The molecule has 0 saturated heterocycles. The molecule has 3 rings (SSSR count). The van der Waals surface area contributed by atoms with Crippen molar-refractivity contribution in [1.29, 1.82) is 0 Å². The zero-order valence-electron chi connectivity index (χ0n) is 10.4. The van der Waals surface area contributed by atoms with Gasteiger partial charge in [-0.25, -0.2) is 9.37 Å². The third-order valence-corrected chi connectivity index (χ3v) is 3.18. The summed E-state index contributed by atoms with van der Waals surface area (Å²) >= 11 is 0. The standard InChI is InChI=1S/C15H14FN3/c16-12-3-1-2-11(8-12)6-7-19-10-18-14-9-13(17)4-5-15(14)19/h1-5,8-10H,6-7,17H2. The van der Waals surface area contributed by atoms with E-state index in [0.717, 1.165) is 29.6 Å². The monoisotopic (exact) mass is 255 g/mol. The molecule has 1 aromatic heterocycles. The summed E-state index contributed by atoms with van der Waals surface area (Å²) in [6, 6.07) is 12.4. The van der Waals surface area contributed by atoms with Crippen LogP contribution in [0.15, 0.2) is 48.8 Å². The van der Waals surface area contributed by atoms with E-state index in [0.29, 0.717) is 5.69 Å². The highest BCUT2D eigenvalue weighted by atomic mass is 19.1. The molecule has 0 saturated carbocycles. The van der Waals surface area contributed by atoms with Gasteiger partial charge in [0.05, 0.1) is 17.4 Å². The minimum Gasteiger partial charge on any atom is -0.399 e. The summed E-state index contributed by atoms with van der Waals surface area (Å²) in [5.41, 5.74) is 9.35. The minimum atomic E-state index is -0.194. The zero-order valence-corrected chi connectivity index (χ0v) is 10.4. The Morgan fingerprint density at radius 3 is 2.89 bits per heavy atom. The fourth-order valence-electron chi connectivity index (χ4n) is 2.20. The molecule has 4 heteroatoms. The number of nitrogens with zero attached hydrogens (tertiary/aromatic N) is 2. The molecule has 0 unspecified atom stereocenters. The largest absolute Gasteiger partial charge is 0.399 e. The van der Waals surface area contributed by atoms with Crippen molar-refractivity contribution in [2.24, 2.45) is 0 Å². The molecule has 0 amide bonds. The van der Waals surface area contributed by atoms with E-state index in [9.17, 15) is 4.39 Å². The van der Waals surface area contributed by atoms with Crippen molar-refractivity contribution >= 4 is 16.7 Å². The Balaban J connectivity index is 1.82. The topological polar surface area (TPSA) is 43.8 Å². The minimum absolute atomic E-state index is 0.194. The fourth-order valence-corrected chi connectivity index (χ4v) is 2.20. The van der Waals surface area contributed by atoms with Crippen molar-refractivity contribution in [2.45, 2.75) is 13.0 Å². The van der Waals surface area contributed by atoms with Gasteiger partial charge in [-0.2, -0.15) is 0 Å². The fraction of sp³-hybridized carbons (Fsp3) is 0.133. The summed E-state index contributed by atoms with van der Waals surface area (Å²) in [5.74, 6) is -0.194. The maximum absolute atomic E-state index is 13.1. The molecule has 3 nitrogen and oxygen atoms in total. The molecule has 0 spiro atoms. The van der Waals surface area contributed by atoms with Crippen LogP contribution < -0.4 is 5.73 Å². The molecule has 0 fully saturated rings. The highest BCUT2D eigenvalue weighted by Crippen LogP contribution is 2.16. The van der Waals surface area contributed by atoms with E-state index < -0.39 is 0 Å². The summed E-state index contributed by atoms with van der Waals surface area (Å²) < 4.78 is 15.2. The molecule has 19 heavy (non-hydrogen) atoms. The normalized spacial score (nSPS) is 11.0. The Hall–Kier alpha value is -2.36. The number of hydrogen-bond acceptors (Lipinski definition) is 2. The van der Waals surface area contributed by atoms with Crippen LogP contribution >= 0.6 is 0 Å². The third-order valence-electron chi connectivity index (χ3n) is 3.18. The van der Waals surface area contributed by atoms with E-state index in [2.05, 4.69) is 9.55 Å². The quantitative estimate of drug-likeness (QED) is 0.731. The smallest absolute Gasteiger partial charge is 0.123 e. The Kier molecular flexibility index (Phi) is 2.91. The first-order valence-corrected chi connectivity index (χ1v) is 6.17. The number of nitrogens with two attached hydrogens (primary N) is 1.